The Morgan fingerprint density at radius 3 is 2.00 bits per heavy atom. The zero-order valence-electron chi connectivity index (χ0n) is 19.7. The Balaban J connectivity index is 1.60. The minimum Gasteiger partial charge on any atom is -0.496 e. The molecule has 2 atom stereocenters. The van der Waals surface area contributed by atoms with Crippen molar-refractivity contribution in [1.29, 1.82) is 0 Å². The quantitative estimate of drug-likeness (QED) is 0.289. The summed E-state index contributed by atoms with van der Waals surface area (Å²) in [5, 5.41) is 3.48. The molecular formula is C31H28BrNO2. The summed E-state index contributed by atoms with van der Waals surface area (Å²) in [4.78, 5) is 14.1. The number of amides is 1. The van der Waals surface area contributed by atoms with Crippen molar-refractivity contribution in [2.45, 2.75) is 30.7 Å². The second-order valence-electron chi connectivity index (χ2n) is 8.94. The summed E-state index contributed by atoms with van der Waals surface area (Å²) in [5.74, 6) is 0.536. The van der Waals surface area contributed by atoms with E-state index in [4.69, 9.17) is 4.74 Å². The van der Waals surface area contributed by atoms with Gasteiger partial charge in [-0.05, 0) is 47.2 Å². The highest BCUT2D eigenvalue weighted by atomic mass is 79.9. The fourth-order valence-electron chi connectivity index (χ4n) is 5.31. The van der Waals surface area contributed by atoms with Gasteiger partial charge in [0.2, 0.25) is 5.91 Å². The third-order valence-electron chi connectivity index (χ3n) is 6.95. The number of benzene rings is 4. The molecule has 0 unspecified atom stereocenters. The maximum Gasteiger partial charge on any atom is 0.232 e. The predicted molar refractivity (Wildman–Crippen MR) is 144 cm³/mol. The molecule has 1 aliphatic carbocycles. The number of rotatable bonds is 6. The van der Waals surface area contributed by atoms with Gasteiger partial charge in [-0.2, -0.15) is 0 Å². The molecule has 35 heavy (non-hydrogen) atoms. The van der Waals surface area contributed by atoms with Crippen molar-refractivity contribution in [3.05, 3.63) is 135 Å². The SMILES string of the molecule is COc1ccc(Br)c2c1[C@@H](NC(=O)C(c1ccccc1)c1ccccc1)[C@@H](c1ccccc1)CC2. The summed E-state index contributed by atoms with van der Waals surface area (Å²) in [6.07, 6.45) is 1.86. The Hall–Kier alpha value is -3.37. The first-order valence-corrected chi connectivity index (χ1v) is 12.8. The first kappa shape index (κ1) is 23.4. The molecule has 0 fully saturated rings. The van der Waals surface area contributed by atoms with E-state index in [1.165, 1.54) is 11.1 Å². The summed E-state index contributed by atoms with van der Waals surface area (Å²) in [7, 11) is 1.70. The minimum absolute atomic E-state index is 0.0109. The van der Waals surface area contributed by atoms with Gasteiger partial charge in [0.15, 0.2) is 0 Å². The number of carbonyl (C=O) groups excluding carboxylic acids is 1. The number of hydrogen-bond donors (Lipinski definition) is 1. The number of fused-ring (bicyclic) bond motifs is 1. The molecule has 0 saturated carbocycles. The Morgan fingerprint density at radius 2 is 1.43 bits per heavy atom. The van der Waals surface area contributed by atoms with E-state index < -0.39 is 5.92 Å². The van der Waals surface area contributed by atoms with Gasteiger partial charge in [-0.1, -0.05) is 107 Å². The third kappa shape index (κ3) is 4.76. The highest BCUT2D eigenvalue weighted by Crippen LogP contribution is 2.47. The van der Waals surface area contributed by atoms with Gasteiger partial charge in [-0.15, -0.1) is 0 Å². The first-order chi connectivity index (χ1) is 17.2. The van der Waals surface area contributed by atoms with Gasteiger partial charge >= 0.3 is 0 Å². The average Bonchev–Trinajstić information content (AvgIpc) is 2.91. The number of hydrogen-bond acceptors (Lipinski definition) is 2. The lowest BCUT2D eigenvalue weighted by Gasteiger charge is -2.37. The van der Waals surface area contributed by atoms with E-state index >= 15 is 0 Å². The Bertz CT molecular complexity index is 1250. The average molecular weight is 526 g/mol. The standard InChI is InChI=1S/C31H28BrNO2/c1-35-27-20-19-26(32)25-18-17-24(21-11-5-2-6-12-21)30(29(25)27)33-31(34)28(22-13-7-3-8-14-22)23-15-9-4-10-16-23/h2-16,19-20,24,28,30H,17-18H2,1H3,(H,33,34)/t24-,30+/m1/s1. The van der Waals surface area contributed by atoms with Crippen LogP contribution in [0.4, 0.5) is 0 Å². The molecule has 0 aromatic heterocycles. The molecule has 3 nitrogen and oxygen atoms in total. The van der Waals surface area contributed by atoms with Crippen LogP contribution in [0, 0.1) is 0 Å². The molecule has 0 saturated heterocycles. The van der Waals surface area contributed by atoms with Crippen LogP contribution in [0.5, 0.6) is 5.75 Å². The van der Waals surface area contributed by atoms with Crippen molar-refractivity contribution < 1.29 is 9.53 Å². The highest BCUT2D eigenvalue weighted by Gasteiger charge is 2.37. The molecular weight excluding hydrogens is 498 g/mol. The van der Waals surface area contributed by atoms with Crippen LogP contribution in [-0.2, 0) is 11.2 Å². The van der Waals surface area contributed by atoms with E-state index in [0.29, 0.717) is 0 Å². The molecule has 0 radical (unpaired) electrons. The number of methoxy groups -OCH3 is 1. The second-order valence-corrected chi connectivity index (χ2v) is 9.79. The molecule has 5 rings (SSSR count). The molecule has 0 aliphatic heterocycles. The van der Waals surface area contributed by atoms with E-state index in [-0.39, 0.29) is 17.9 Å². The van der Waals surface area contributed by atoms with Crippen molar-refractivity contribution in [3.63, 3.8) is 0 Å². The molecule has 0 bridgehead atoms. The van der Waals surface area contributed by atoms with Crippen LogP contribution in [-0.4, -0.2) is 13.0 Å². The fourth-order valence-corrected chi connectivity index (χ4v) is 5.86. The zero-order chi connectivity index (χ0) is 24.2. The lowest BCUT2D eigenvalue weighted by molar-refractivity contribution is -0.122. The number of nitrogens with one attached hydrogen (secondary N) is 1. The normalized spacial score (nSPS) is 17.0. The Morgan fingerprint density at radius 1 is 0.857 bits per heavy atom. The van der Waals surface area contributed by atoms with Gasteiger partial charge in [-0.3, -0.25) is 4.79 Å². The number of ether oxygens (including phenoxy) is 1. The number of carbonyl (C=O) groups is 1. The predicted octanol–water partition coefficient (Wildman–Crippen LogP) is 7.18. The van der Waals surface area contributed by atoms with Crippen LogP contribution in [0.15, 0.2) is 108 Å². The lowest BCUT2D eigenvalue weighted by Crippen LogP contribution is -2.39. The minimum atomic E-state index is -0.405. The van der Waals surface area contributed by atoms with Crippen LogP contribution < -0.4 is 10.1 Å². The molecule has 176 valence electrons. The molecule has 4 heteroatoms. The molecule has 4 aromatic carbocycles. The summed E-state index contributed by atoms with van der Waals surface area (Å²) in [5.41, 5.74) is 5.45. The van der Waals surface area contributed by atoms with Gasteiger partial charge < -0.3 is 10.1 Å². The van der Waals surface area contributed by atoms with E-state index in [1.54, 1.807) is 7.11 Å². The van der Waals surface area contributed by atoms with Gasteiger partial charge in [-0.25, -0.2) is 0 Å². The van der Waals surface area contributed by atoms with Crippen molar-refractivity contribution in [1.82, 2.24) is 5.32 Å². The molecule has 4 aromatic rings. The summed E-state index contributed by atoms with van der Waals surface area (Å²) < 4.78 is 6.88. The monoisotopic (exact) mass is 525 g/mol. The molecule has 0 spiro atoms. The van der Waals surface area contributed by atoms with Crippen LogP contribution >= 0.6 is 15.9 Å². The Labute approximate surface area is 215 Å². The van der Waals surface area contributed by atoms with E-state index in [9.17, 15) is 4.79 Å². The third-order valence-corrected chi connectivity index (χ3v) is 7.69. The van der Waals surface area contributed by atoms with E-state index in [0.717, 1.165) is 39.8 Å². The number of halogens is 1. The first-order valence-electron chi connectivity index (χ1n) is 12.0. The van der Waals surface area contributed by atoms with Crippen molar-refractivity contribution in [2.24, 2.45) is 0 Å². The van der Waals surface area contributed by atoms with Crippen molar-refractivity contribution in [2.75, 3.05) is 7.11 Å². The van der Waals surface area contributed by atoms with Crippen LogP contribution in [0.2, 0.25) is 0 Å². The van der Waals surface area contributed by atoms with E-state index in [2.05, 4.69) is 45.5 Å². The Kier molecular flexibility index (Phi) is 7.01. The largest absolute Gasteiger partial charge is 0.496 e. The summed E-state index contributed by atoms with van der Waals surface area (Å²) in [6, 6.07) is 34.3. The summed E-state index contributed by atoms with van der Waals surface area (Å²) >= 11 is 3.75. The highest BCUT2D eigenvalue weighted by molar-refractivity contribution is 9.10. The molecule has 1 N–H and O–H groups in total. The maximum absolute atomic E-state index is 14.1. The zero-order valence-corrected chi connectivity index (χ0v) is 21.2. The molecule has 1 aliphatic rings. The van der Waals surface area contributed by atoms with Gasteiger partial charge in [0.25, 0.3) is 0 Å². The maximum atomic E-state index is 14.1. The van der Waals surface area contributed by atoms with Gasteiger partial charge in [0, 0.05) is 16.0 Å². The van der Waals surface area contributed by atoms with Crippen LogP contribution in [0.25, 0.3) is 0 Å². The fraction of sp³-hybridized carbons (Fsp3) is 0.194. The summed E-state index contributed by atoms with van der Waals surface area (Å²) in [6.45, 7) is 0. The second kappa shape index (κ2) is 10.5. The molecule has 1 amide bonds. The van der Waals surface area contributed by atoms with Crippen molar-refractivity contribution in [3.8, 4) is 5.75 Å². The van der Waals surface area contributed by atoms with Gasteiger partial charge in [0.05, 0.1) is 19.1 Å². The lowest BCUT2D eigenvalue weighted by atomic mass is 9.75. The molecule has 0 heterocycles. The van der Waals surface area contributed by atoms with Crippen molar-refractivity contribution >= 4 is 21.8 Å². The van der Waals surface area contributed by atoms with E-state index in [1.807, 2.05) is 78.9 Å². The topological polar surface area (TPSA) is 38.3 Å². The van der Waals surface area contributed by atoms with Gasteiger partial charge in [0.1, 0.15) is 5.75 Å². The van der Waals surface area contributed by atoms with Crippen LogP contribution in [0.3, 0.4) is 0 Å². The van der Waals surface area contributed by atoms with Crippen LogP contribution in [0.1, 0.15) is 52.1 Å². The smallest absolute Gasteiger partial charge is 0.232 e.